The van der Waals surface area contributed by atoms with Gasteiger partial charge in [-0.2, -0.15) is 31.4 Å². The number of halogens is 6. The molecule has 0 aliphatic carbocycles. The van der Waals surface area contributed by atoms with Crippen molar-refractivity contribution in [2.45, 2.75) is 38.0 Å². The lowest BCUT2D eigenvalue weighted by Crippen LogP contribution is -2.18. The molecule has 1 aromatic heterocycles. The first-order chi connectivity index (χ1) is 20.7. The molecule has 1 amide bonds. The summed E-state index contributed by atoms with van der Waals surface area (Å²) in [6.07, 6.45) is -9.47. The van der Waals surface area contributed by atoms with Crippen LogP contribution in [-0.4, -0.2) is 29.0 Å². The molecule has 0 aliphatic rings. The predicted molar refractivity (Wildman–Crippen MR) is 152 cm³/mol. The molecular formula is C28H25F6N5O5S. The maximum atomic E-state index is 13.1. The van der Waals surface area contributed by atoms with Gasteiger partial charge in [0.2, 0.25) is 15.9 Å². The van der Waals surface area contributed by atoms with Crippen molar-refractivity contribution in [2.75, 3.05) is 5.32 Å². The summed E-state index contributed by atoms with van der Waals surface area (Å²) in [5, 5.41) is 21.5. The number of amides is 1. The number of aryl methyl sites for hydroxylation is 1. The molecule has 0 aliphatic heterocycles. The van der Waals surface area contributed by atoms with Gasteiger partial charge in [-0.1, -0.05) is 43.7 Å². The monoisotopic (exact) mass is 657 g/mol. The molecule has 0 bridgehead atoms. The van der Waals surface area contributed by atoms with Crippen molar-refractivity contribution >= 4 is 27.3 Å². The Balaban J connectivity index is 0.000000259. The minimum atomic E-state index is -4.86. The van der Waals surface area contributed by atoms with E-state index in [2.05, 4.69) is 10.4 Å². The third-order valence-electron chi connectivity index (χ3n) is 6.05. The Bertz CT molecular complexity index is 1800. The lowest BCUT2D eigenvalue weighted by molar-refractivity contribution is -0.388. The zero-order valence-corrected chi connectivity index (χ0v) is 24.5. The van der Waals surface area contributed by atoms with Gasteiger partial charge in [0.25, 0.3) is 5.69 Å². The summed E-state index contributed by atoms with van der Waals surface area (Å²) < 4.78 is 101. The predicted octanol–water partition coefficient (Wildman–Crippen LogP) is 6.72. The molecule has 45 heavy (non-hydrogen) atoms. The number of anilines is 1. The number of primary sulfonamides is 1. The lowest BCUT2D eigenvalue weighted by atomic mass is 10.1. The van der Waals surface area contributed by atoms with E-state index >= 15 is 0 Å². The van der Waals surface area contributed by atoms with Gasteiger partial charge in [0, 0.05) is 23.2 Å². The molecule has 4 aromatic rings. The number of nitrogens with one attached hydrogen (secondary N) is 1. The maximum absolute atomic E-state index is 13.1. The average Bonchev–Trinajstić information content (AvgIpc) is 3.39. The topological polar surface area (TPSA) is 150 Å². The van der Waals surface area contributed by atoms with E-state index in [1.54, 1.807) is 38.1 Å². The van der Waals surface area contributed by atoms with Gasteiger partial charge in [-0.05, 0) is 49.4 Å². The molecule has 0 radical (unpaired) electrons. The summed E-state index contributed by atoms with van der Waals surface area (Å²) in [5.74, 6) is -0.883. The van der Waals surface area contributed by atoms with Crippen LogP contribution in [0.2, 0.25) is 0 Å². The first-order valence-corrected chi connectivity index (χ1v) is 14.3. The Hall–Kier alpha value is -4.77. The van der Waals surface area contributed by atoms with Crippen molar-refractivity contribution < 1.29 is 44.5 Å². The summed E-state index contributed by atoms with van der Waals surface area (Å²) in [7, 11) is -3.90. The lowest BCUT2D eigenvalue weighted by Gasteiger charge is -2.11. The molecule has 0 saturated carbocycles. The molecule has 0 fully saturated rings. The molecule has 0 unspecified atom stereocenters. The van der Waals surface area contributed by atoms with Gasteiger partial charge < -0.3 is 5.32 Å². The number of hydrogen-bond donors (Lipinski definition) is 2. The molecule has 17 heteroatoms. The fraction of sp³-hybridized carbons (Fsp3) is 0.214. The van der Waals surface area contributed by atoms with E-state index in [0.29, 0.717) is 11.6 Å². The molecule has 0 spiro atoms. The van der Waals surface area contributed by atoms with Crippen LogP contribution in [0.4, 0.5) is 37.7 Å². The van der Waals surface area contributed by atoms with Crippen molar-refractivity contribution in [3.8, 4) is 16.9 Å². The minimum absolute atomic E-state index is 0.128. The van der Waals surface area contributed by atoms with Crippen molar-refractivity contribution in [3.05, 3.63) is 99.7 Å². The van der Waals surface area contributed by atoms with Crippen LogP contribution in [0.5, 0.6) is 0 Å². The molecule has 240 valence electrons. The number of rotatable bonds is 6. The Morgan fingerprint density at radius 3 is 1.98 bits per heavy atom. The number of aromatic nitrogens is 2. The van der Waals surface area contributed by atoms with Crippen molar-refractivity contribution in [1.82, 2.24) is 9.78 Å². The van der Waals surface area contributed by atoms with Crippen LogP contribution in [0.25, 0.3) is 16.9 Å². The number of sulfonamides is 1. The number of alkyl halides is 6. The zero-order valence-electron chi connectivity index (χ0n) is 23.6. The van der Waals surface area contributed by atoms with Crippen LogP contribution in [-0.2, 0) is 27.2 Å². The highest BCUT2D eigenvalue weighted by Gasteiger charge is 2.38. The van der Waals surface area contributed by atoms with Gasteiger partial charge in [0.15, 0.2) is 5.69 Å². The molecule has 0 atom stereocenters. The quantitative estimate of drug-likeness (QED) is 0.134. The molecule has 3 aromatic carbocycles. The van der Waals surface area contributed by atoms with Crippen molar-refractivity contribution in [3.63, 3.8) is 0 Å². The Morgan fingerprint density at radius 2 is 1.51 bits per heavy atom. The largest absolute Gasteiger partial charge is 0.435 e. The van der Waals surface area contributed by atoms with E-state index in [-0.39, 0.29) is 22.0 Å². The summed E-state index contributed by atoms with van der Waals surface area (Å²) in [6, 6.07) is 15.4. The fourth-order valence-electron chi connectivity index (χ4n) is 3.71. The number of carbonyl (C=O) groups excluding carboxylic acids is 1. The third kappa shape index (κ3) is 8.89. The normalized spacial score (nSPS) is 12.0. The second-order valence-corrected chi connectivity index (χ2v) is 11.4. The number of nitro benzene ring substituents is 1. The number of nitro groups is 1. The number of benzene rings is 3. The Labute approximate surface area is 252 Å². The van der Waals surface area contributed by atoms with Gasteiger partial charge >= 0.3 is 12.4 Å². The molecule has 3 N–H and O–H groups in total. The maximum Gasteiger partial charge on any atom is 0.435 e. The highest BCUT2D eigenvalue weighted by molar-refractivity contribution is 7.89. The van der Waals surface area contributed by atoms with Crippen molar-refractivity contribution in [2.24, 2.45) is 11.1 Å². The second kappa shape index (κ2) is 13.1. The molecule has 1 heterocycles. The van der Waals surface area contributed by atoms with Crippen LogP contribution in [0.1, 0.15) is 30.7 Å². The van der Waals surface area contributed by atoms with Crippen molar-refractivity contribution in [1.29, 1.82) is 0 Å². The van der Waals surface area contributed by atoms with Gasteiger partial charge in [-0.15, -0.1) is 0 Å². The van der Waals surface area contributed by atoms with Crippen LogP contribution in [0, 0.1) is 23.0 Å². The number of carbonyl (C=O) groups is 1. The minimum Gasteiger partial charge on any atom is -0.326 e. The highest BCUT2D eigenvalue weighted by Crippen LogP contribution is 2.38. The Morgan fingerprint density at radius 1 is 0.933 bits per heavy atom. The van der Waals surface area contributed by atoms with Gasteiger partial charge in [0.05, 0.1) is 21.2 Å². The zero-order chi connectivity index (χ0) is 33.9. The van der Waals surface area contributed by atoms with E-state index in [9.17, 15) is 49.7 Å². The van der Waals surface area contributed by atoms with Crippen LogP contribution >= 0.6 is 0 Å². The van der Waals surface area contributed by atoms with E-state index < -0.39 is 56.1 Å². The van der Waals surface area contributed by atoms with Crippen LogP contribution < -0.4 is 10.5 Å². The summed E-state index contributed by atoms with van der Waals surface area (Å²) in [6.45, 7) is 5.02. The standard InChI is InChI=1S/C17H14F3N3O2S.C11H11F3N2O3/c1-11-2-4-12(5-3-11)15-10-16(17(18,19)20)22-23(15)13-6-8-14(9-7-13)26(21,24)25;1-6(2)10(17)15-7-3-4-9(16(18)19)8(5-7)11(12,13)14/h2-10H,1H3,(H2,21,24,25);3-6H,1-2H3,(H,15,17). The molecule has 10 nitrogen and oxygen atoms in total. The van der Waals surface area contributed by atoms with Gasteiger partial charge in [0.1, 0.15) is 5.56 Å². The third-order valence-corrected chi connectivity index (χ3v) is 6.98. The number of nitrogens with zero attached hydrogens (tertiary/aromatic N) is 3. The Kier molecular flexibility index (Phi) is 10.1. The second-order valence-electron chi connectivity index (χ2n) is 9.86. The number of nitrogens with two attached hydrogens (primary N) is 1. The van der Waals surface area contributed by atoms with E-state index in [4.69, 9.17) is 5.14 Å². The van der Waals surface area contributed by atoms with Gasteiger partial charge in [-0.25, -0.2) is 18.2 Å². The van der Waals surface area contributed by atoms with Crippen LogP contribution in [0.3, 0.4) is 0 Å². The van der Waals surface area contributed by atoms with Gasteiger partial charge in [-0.3, -0.25) is 14.9 Å². The average molecular weight is 658 g/mol. The smallest absolute Gasteiger partial charge is 0.326 e. The first-order valence-electron chi connectivity index (χ1n) is 12.7. The fourth-order valence-corrected chi connectivity index (χ4v) is 4.23. The summed E-state index contributed by atoms with van der Waals surface area (Å²) in [4.78, 5) is 20.6. The van der Waals surface area contributed by atoms with Crippen LogP contribution in [0.15, 0.2) is 77.7 Å². The molecule has 0 saturated heterocycles. The summed E-state index contributed by atoms with van der Waals surface area (Å²) >= 11 is 0. The molecular weight excluding hydrogens is 632 g/mol. The van der Waals surface area contributed by atoms with E-state index in [1.165, 1.54) is 24.3 Å². The SMILES string of the molecule is CC(C)C(=O)Nc1ccc([N+](=O)[O-])c(C(F)(F)F)c1.Cc1ccc(-c2cc(C(F)(F)F)nn2-c2ccc(S(N)(=O)=O)cc2)cc1. The molecule has 4 rings (SSSR count). The highest BCUT2D eigenvalue weighted by atomic mass is 32.2. The van der Waals surface area contributed by atoms with E-state index in [0.717, 1.165) is 28.4 Å². The number of hydrogen-bond acceptors (Lipinski definition) is 6. The first kappa shape index (κ1) is 34.7. The summed E-state index contributed by atoms with van der Waals surface area (Å²) in [5.41, 5.74) is -1.57. The van der Waals surface area contributed by atoms with E-state index in [1.807, 2.05) is 6.92 Å².